The first-order valence-corrected chi connectivity index (χ1v) is 10.8. The molecule has 0 radical (unpaired) electrons. The van der Waals surface area contributed by atoms with Crippen LogP contribution in [0.1, 0.15) is 24.0 Å². The topological polar surface area (TPSA) is 121 Å². The van der Waals surface area contributed by atoms with E-state index in [4.69, 9.17) is 43.1 Å². The van der Waals surface area contributed by atoms with Gasteiger partial charge in [0.2, 0.25) is 5.88 Å². The van der Waals surface area contributed by atoms with E-state index in [2.05, 4.69) is 4.74 Å². The molecule has 0 unspecified atom stereocenters. The molecule has 0 saturated carbocycles. The Bertz CT molecular complexity index is 1190. The molecular formula is C24H20Cl2N2O6. The second-order valence-corrected chi connectivity index (χ2v) is 7.75. The fraction of sp³-hybridized carbons (Fsp3) is 0.208. The van der Waals surface area contributed by atoms with Gasteiger partial charge in [0.15, 0.2) is 12.4 Å². The lowest BCUT2D eigenvalue weighted by Gasteiger charge is -2.28. The molecule has 0 spiro atoms. The number of hydrogen-bond acceptors (Lipinski definition) is 8. The molecule has 1 atom stereocenters. The van der Waals surface area contributed by atoms with E-state index in [9.17, 15) is 14.9 Å². The molecule has 2 aromatic carbocycles. The number of methoxy groups -OCH3 is 1. The number of carbonyl (C=O) groups excluding carboxylic acids is 2. The van der Waals surface area contributed by atoms with Gasteiger partial charge in [-0.25, -0.2) is 9.59 Å². The highest BCUT2D eigenvalue weighted by Gasteiger charge is 2.38. The van der Waals surface area contributed by atoms with E-state index in [1.807, 2.05) is 6.07 Å². The van der Waals surface area contributed by atoms with Gasteiger partial charge in [0.05, 0.1) is 35.3 Å². The zero-order valence-electron chi connectivity index (χ0n) is 18.3. The number of carbonyl (C=O) groups is 2. The zero-order valence-corrected chi connectivity index (χ0v) is 19.8. The quantitative estimate of drug-likeness (QED) is 0.555. The first-order chi connectivity index (χ1) is 16.3. The first kappa shape index (κ1) is 25.0. The summed E-state index contributed by atoms with van der Waals surface area (Å²) in [7, 11) is 1.22. The maximum atomic E-state index is 13.1. The predicted octanol–water partition coefficient (Wildman–Crippen LogP) is 4.33. The lowest BCUT2D eigenvalue weighted by atomic mass is 9.82. The van der Waals surface area contributed by atoms with Crippen molar-refractivity contribution >= 4 is 40.9 Å². The minimum absolute atomic E-state index is 0.0157. The fourth-order valence-electron chi connectivity index (χ4n) is 3.39. The number of nitriles is 1. The summed E-state index contributed by atoms with van der Waals surface area (Å²) in [6.45, 7) is 1.35. The highest BCUT2D eigenvalue weighted by Crippen LogP contribution is 2.46. The summed E-state index contributed by atoms with van der Waals surface area (Å²) in [5.74, 6) is -2.27. The summed E-state index contributed by atoms with van der Waals surface area (Å²) in [4.78, 5) is 24.5. The van der Waals surface area contributed by atoms with E-state index >= 15 is 0 Å². The Labute approximate surface area is 206 Å². The van der Waals surface area contributed by atoms with Gasteiger partial charge in [0.1, 0.15) is 17.4 Å². The molecule has 0 fully saturated rings. The largest absolute Gasteiger partial charge is 0.479 e. The molecule has 2 aromatic rings. The summed E-state index contributed by atoms with van der Waals surface area (Å²) in [6, 6.07) is 13.8. The van der Waals surface area contributed by atoms with Crippen LogP contribution in [0.15, 0.2) is 59.5 Å². The number of hydrogen-bond donors (Lipinski definition) is 1. The van der Waals surface area contributed by atoms with Crippen molar-refractivity contribution in [1.29, 1.82) is 5.26 Å². The Kier molecular flexibility index (Phi) is 8.05. The van der Waals surface area contributed by atoms with Crippen LogP contribution in [0.2, 0.25) is 10.0 Å². The van der Waals surface area contributed by atoms with Crippen LogP contribution in [-0.2, 0) is 23.8 Å². The summed E-state index contributed by atoms with van der Waals surface area (Å²) >= 11 is 12.8. The highest BCUT2D eigenvalue weighted by molar-refractivity contribution is 6.37. The number of esters is 2. The van der Waals surface area contributed by atoms with Crippen LogP contribution < -0.4 is 10.5 Å². The van der Waals surface area contributed by atoms with Crippen molar-refractivity contribution in [2.75, 3.05) is 20.3 Å². The Morgan fingerprint density at radius 3 is 2.38 bits per heavy atom. The molecule has 0 aliphatic carbocycles. The third kappa shape index (κ3) is 5.11. The number of allylic oxidation sites excluding steroid dienone is 1. The van der Waals surface area contributed by atoms with Crippen LogP contribution in [0, 0.1) is 11.3 Å². The number of ether oxygens (including phenoxy) is 4. The van der Waals surface area contributed by atoms with Crippen LogP contribution in [-0.4, -0.2) is 32.3 Å². The molecule has 34 heavy (non-hydrogen) atoms. The number of rotatable bonds is 7. The van der Waals surface area contributed by atoms with Gasteiger partial charge in [-0.15, -0.1) is 0 Å². The molecule has 0 amide bonds. The minimum Gasteiger partial charge on any atom is -0.479 e. The second-order valence-electron chi connectivity index (χ2n) is 6.93. The molecule has 176 valence electrons. The van der Waals surface area contributed by atoms with E-state index in [0.29, 0.717) is 11.1 Å². The van der Waals surface area contributed by atoms with Crippen molar-refractivity contribution in [3.8, 4) is 11.8 Å². The van der Waals surface area contributed by atoms with Crippen molar-refractivity contribution in [3.05, 3.63) is 80.7 Å². The van der Waals surface area contributed by atoms with Gasteiger partial charge in [-0.2, -0.15) is 5.26 Å². The van der Waals surface area contributed by atoms with Gasteiger partial charge in [-0.05, 0) is 24.6 Å². The molecule has 10 heteroatoms. The van der Waals surface area contributed by atoms with Gasteiger partial charge < -0.3 is 24.7 Å². The van der Waals surface area contributed by atoms with Gasteiger partial charge in [0.25, 0.3) is 0 Å². The number of halogens is 2. The zero-order chi connectivity index (χ0) is 24.8. The molecule has 1 heterocycles. The van der Waals surface area contributed by atoms with E-state index in [0.717, 1.165) is 0 Å². The normalized spacial score (nSPS) is 15.3. The molecular weight excluding hydrogens is 483 g/mol. The minimum atomic E-state index is -0.988. The van der Waals surface area contributed by atoms with Crippen molar-refractivity contribution in [3.63, 3.8) is 0 Å². The average molecular weight is 503 g/mol. The number of nitrogens with two attached hydrogens (primary N) is 1. The lowest BCUT2D eigenvalue weighted by Crippen LogP contribution is -2.26. The number of nitrogens with zero attached hydrogens (tertiary/aromatic N) is 1. The molecule has 3 rings (SSSR count). The predicted molar refractivity (Wildman–Crippen MR) is 125 cm³/mol. The van der Waals surface area contributed by atoms with Crippen molar-refractivity contribution in [2.24, 2.45) is 5.73 Å². The molecule has 2 N–H and O–H groups in total. The summed E-state index contributed by atoms with van der Waals surface area (Å²) in [5, 5.41) is 9.97. The average Bonchev–Trinajstić information content (AvgIpc) is 2.83. The van der Waals surface area contributed by atoms with E-state index < -0.39 is 24.5 Å². The molecule has 1 aliphatic rings. The van der Waals surface area contributed by atoms with Crippen LogP contribution >= 0.6 is 23.2 Å². The Hall–Kier alpha value is -3.67. The maximum absolute atomic E-state index is 13.1. The fourth-order valence-corrected chi connectivity index (χ4v) is 4.00. The van der Waals surface area contributed by atoms with Crippen LogP contribution in [0.3, 0.4) is 0 Å². The van der Waals surface area contributed by atoms with Crippen molar-refractivity contribution in [2.45, 2.75) is 12.8 Å². The third-order valence-corrected chi connectivity index (χ3v) is 5.43. The Morgan fingerprint density at radius 1 is 1.18 bits per heavy atom. The lowest BCUT2D eigenvalue weighted by molar-refractivity contribution is -0.143. The van der Waals surface area contributed by atoms with Gasteiger partial charge >= 0.3 is 11.9 Å². The number of benzene rings is 2. The van der Waals surface area contributed by atoms with Gasteiger partial charge in [-0.3, -0.25) is 0 Å². The summed E-state index contributed by atoms with van der Waals surface area (Å²) in [5.41, 5.74) is 7.07. The summed E-state index contributed by atoms with van der Waals surface area (Å²) < 4.78 is 20.9. The first-order valence-electron chi connectivity index (χ1n) is 10.0. The third-order valence-electron chi connectivity index (χ3n) is 4.87. The van der Waals surface area contributed by atoms with Gasteiger partial charge in [-0.1, -0.05) is 53.5 Å². The second kappa shape index (κ2) is 11.0. The molecule has 0 aromatic heterocycles. The molecule has 0 bridgehead atoms. The Balaban J connectivity index is 2.20. The van der Waals surface area contributed by atoms with Crippen LogP contribution in [0.4, 0.5) is 0 Å². The van der Waals surface area contributed by atoms with Crippen LogP contribution in [0.25, 0.3) is 5.76 Å². The molecule has 1 aliphatic heterocycles. The SMILES string of the molecule is CCOC(=O)C1=C(c2ccccc2)OC(N)=C(C#N)[C@H]1c1cc(Cl)c(OCC(=O)OC)c(Cl)c1. The molecule has 0 saturated heterocycles. The van der Waals surface area contributed by atoms with Crippen LogP contribution in [0.5, 0.6) is 5.75 Å². The summed E-state index contributed by atoms with van der Waals surface area (Å²) in [6.07, 6.45) is 0. The van der Waals surface area contributed by atoms with E-state index in [-0.39, 0.29) is 45.2 Å². The highest BCUT2D eigenvalue weighted by atomic mass is 35.5. The van der Waals surface area contributed by atoms with E-state index in [1.165, 1.54) is 19.2 Å². The molecule has 8 nitrogen and oxygen atoms in total. The maximum Gasteiger partial charge on any atom is 0.343 e. The standard InChI is InChI=1S/C24H20Cl2N2O6/c1-3-32-24(30)20-19(14-9-16(25)22(17(26)10-14)33-12-18(29)31-2)15(11-27)23(28)34-21(20)13-7-5-4-6-8-13/h4-10,19H,3,12,28H2,1-2H3/t19-/m1/s1. The smallest absolute Gasteiger partial charge is 0.343 e. The Morgan fingerprint density at radius 2 is 1.82 bits per heavy atom. The van der Waals surface area contributed by atoms with E-state index in [1.54, 1.807) is 37.3 Å². The monoisotopic (exact) mass is 502 g/mol. The van der Waals surface area contributed by atoms with Crippen molar-refractivity contribution < 1.29 is 28.5 Å². The van der Waals surface area contributed by atoms with Crippen molar-refractivity contribution in [1.82, 2.24) is 0 Å². The van der Waals surface area contributed by atoms with Gasteiger partial charge in [0, 0.05) is 5.56 Å².